The topological polar surface area (TPSA) is 50.7 Å². The highest BCUT2D eigenvalue weighted by atomic mass is 32.2. The van der Waals surface area contributed by atoms with E-state index in [1.807, 2.05) is 13.0 Å². The molecular weight excluding hydrogens is 224 g/mol. The van der Waals surface area contributed by atoms with Crippen LogP contribution in [0.15, 0.2) is 17.3 Å². The molecule has 1 N–H and O–H groups in total. The Labute approximate surface area is 99.5 Å². The number of nitrogens with zero attached hydrogens (tertiary/aromatic N) is 1. The maximum atomic E-state index is 11.8. The van der Waals surface area contributed by atoms with Gasteiger partial charge in [-0.15, -0.1) is 0 Å². The number of ether oxygens (including phenoxy) is 1. The Hall–Kier alpha value is -0.970. The SMILES string of the molecule is CC1N=C(C(=O)NCC2CC=CO2)SC1C. The number of carbonyl (C=O) groups is 1. The van der Waals surface area contributed by atoms with Gasteiger partial charge in [-0.25, -0.2) is 0 Å². The van der Waals surface area contributed by atoms with Crippen LogP contribution in [-0.4, -0.2) is 34.9 Å². The molecule has 0 aromatic rings. The minimum absolute atomic E-state index is 0.0725. The maximum Gasteiger partial charge on any atom is 0.276 e. The van der Waals surface area contributed by atoms with Crippen LogP contribution in [0.2, 0.25) is 0 Å². The fourth-order valence-corrected chi connectivity index (χ4v) is 2.57. The van der Waals surface area contributed by atoms with Crippen molar-refractivity contribution in [3.05, 3.63) is 12.3 Å². The Bertz CT molecular complexity index is 333. The van der Waals surface area contributed by atoms with Gasteiger partial charge in [0.2, 0.25) is 0 Å². The molecule has 0 saturated heterocycles. The van der Waals surface area contributed by atoms with Gasteiger partial charge in [-0.1, -0.05) is 18.7 Å². The molecule has 3 unspecified atom stereocenters. The second-order valence-electron chi connectivity index (χ2n) is 4.07. The van der Waals surface area contributed by atoms with Crippen LogP contribution in [0, 0.1) is 0 Å². The van der Waals surface area contributed by atoms with Crippen LogP contribution < -0.4 is 5.32 Å². The molecule has 0 fully saturated rings. The van der Waals surface area contributed by atoms with Gasteiger partial charge in [-0.05, 0) is 13.0 Å². The van der Waals surface area contributed by atoms with Gasteiger partial charge in [0.05, 0.1) is 18.8 Å². The Morgan fingerprint density at radius 3 is 3.06 bits per heavy atom. The van der Waals surface area contributed by atoms with Crippen LogP contribution >= 0.6 is 11.8 Å². The summed E-state index contributed by atoms with van der Waals surface area (Å²) in [5.41, 5.74) is 0. The van der Waals surface area contributed by atoms with E-state index in [9.17, 15) is 4.79 Å². The van der Waals surface area contributed by atoms with E-state index in [1.54, 1.807) is 18.0 Å². The van der Waals surface area contributed by atoms with Gasteiger partial charge in [0.15, 0.2) is 5.04 Å². The lowest BCUT2D eigenvalue weighted by Crippen LogP contribution is -2.35. The quantitative estimate of drug-likeness (QED) is 0.809. The molecule has 2 rings (SSSR count). The summed E-state index contributed by atoms with van der Waals surface area (Å²) in [5, 5.41) is 3.85. The summed E-state index contributed by atoms with van der Waals surface area (Å²) in [5.74, 6) is -0.0725. The van der Waals surface area contributed by atoms with Crippen LogP contribution in [-0.2, 0) is 9.53 Å². The zero-order chi connectivity index (χ0) is 11.5. The summed E-state index contributed by atoms with van der Waals surface area (Å²) >= 11 is 1.55. The third-order valence-electron chi connectivity index (χ3n) is 2.75. The molecule has 1 amide bonds. The Kier molecular flexibility index (Phi) is 3.53. The number of hydrogen-bond acceptors (Lipinski definition) is 4. The largest absolute Gasteiger partial charge is 0.496 e. The monoisotopic (exact) mass is 240 g/mol. The fourth-order valence-electron chi connectivity index (χ4n) is 1.55. The van der Waals surface area contributed by atoms with Crippen LogP contribution in [0.5, 0.6) is 0 Å². The number of hydrogen-bond donors (Lipinski definition) is 1. The Morgan fingerprint density at radius 2 is 2.50 bits per heavy atom. The van der Waals surface area contributed by atoms with Gasteiger partial charge in [-0.3, -0.25) is 9.79 Å². The lowest BCUT2D eigenvalue weighted by molar-refractivity contribution is -0.114. The number of thioether (sulfide) groups is 1. The summed E-state index contributed by atoms with van der Waals surface area (Å²) in [4.78, 5) is 16.1. The van der Waals surface area contributed by atoms with Crippen molar-refractivity contribution in [1.29, 1.82) is 0 Å². The molecule has 2 heterocycles. The first-order valence-electron chi connectivity index (χ1n) is 5.50. The van der Waals surface area contributed by atoms with E-state index in [-0.39, 0.29) is 18.1 Å². The van der Waals surface area contributed by atoms with E-state index in [0.29, 0.717) is 16.8 Å². The summed E-state index contributed by atoms with van der Waals surface area (Å²) in [6.07, 6.45) is 4.60. The normalized spacial score (nSPS) is 32.4. The molecule has 0 aromatic carbocycles. The molecule has 4 nitrogen and oxygen atoms in total. The Balaban J connectivity index is 1.78. The van der Waals surface area contributed by atoms with E-state index in [4.69, 9.17) is 4.74 Å². The van der Waals surface area contributed by atoms with E-state index >= 15 is 0 Å². The molecule has 3 atom stereocenters. The van der Waals surface area contributed by atoms with Gasteiger partial charge in [0.1, 0.15) is 6.10 Å². The van der Waals surface area contributed by atoms with Gasteiger partial charge in [-0.2, -0.15) is 0 Å². The average Bonchev–Trinajstić information content (AvgIpc) is 2.86. The smallest absolute Gasteiger partial charge is 0.276 e. The predicted octanol–water partition coefficient (Wildman–Crippen LogP) is 1.33. The predicted molar refractivity (Wildman–Crippen MR) is 65.6 cm³/mol. The molecule has 88 valence electrons. The van der Waals surface area contributed by atoms with Crippen molar-refractivity contribution in [1.82, 2.24) is 5.32 Å². The fraction of sp³-hybridized carbons (Fsp3) is 0.636. The third kappa shape index (κ3) is 2.58. The van der Waals surface area contributed by atoms with Crippen molar-refractivity contribution in [2.45, 2.75) is 37.7 Å². The molecule has 2 aliphatic rings. The first kappa shape index (κ1) is 11.5. The highest BCUT2D eigenvalue weighted by molar-refractivity contribution is 8.16. The average molecular weight is 240 g/mol. The van der Waals surface area contributed by atoms with E-state index in [1.165, 1.54) is 0 Å². The van der Waals surface area contributed by atoms with Crippen LogP contribution in [0.4, 0.5) is 0 Å². The molecule has 0 radical (unpaired) electrons. The second kappa shape index (κ2) is 4.91. The number of nitrogens with one attached hydrogen (secondary N) is 1. The van der Waals surface area contributed by atoms with Crippen LogP contribution in [0.25, 0.3) is 0 Å². The molecule has 0 bridgehead atoms. The molecular formula is C11H16N2O2S. The minimum Gasteiger partial charge on any atom is -0.496 e. The number of carbonyl (C=O) groups excluding carboxylic acids is 1. The number of rotatable bonds is 3. The highest BCUT2D eigenvalue weighted by Crippen LogP contribution is 2.26. The minimum atomic E-state index is -0.0725. The molecule has 2 aliphatic heterocycles. The van der Waals surface area contributed by atoms with Crippen molar-refractivity contribution in [3.8, 4) is 0 Å². The van der Waals surface area contributed by atoms with Gasteiger partial charge >= 0.3 is 0 Å². The second-order valence-corrected chi connectivity index (χ2v) is 5.44. The lowest BCUT2D eigenvalue weighted by atomic mass is 10.2. The van der Waals surface area contributed by atoms with Crippen molar-refractivity contribution >= 4 is 22.7 Å². The zero-order valence-electron chi connectivity index (χ0n) is 9.47. The van der Waals surface area contributed by atoms with Crippen molar-refractivity contribution < 1.29 is 9.53 Å². The van der Waals surface area contributed by atoms with E-state index in [2.05, 4.69) is 17.2 Å². The number of aliphatic imine (C=N–C) groups is 1. The summed E-state index contributed by atoms with van der Waals surface area (Å²) in [7, 11) is 0. The summed E-state index contributed by atoms with van der Waals surface area (Å²) < 4.78 is 5.27. The zero-order valence-corrected chi connectivity index (χ0v) is 10.3. The highest BCUT2D eigenvalue weighted by Gasteiger charge is 2.27. The first-order chi connectivity index (χ1) is 7.66. The Morgan fingerprint density at radius 1 is 1.69 bits per heavy atom. The van der Waals surface area contributed by atoms with Gasteiger partial charge in [0.25, 0.3) is 5.91 Å². The molecule has 0 aromatic heterocycles. The standard InChI is InChI=1S/C11H16N2O2S/c1-7-8(2)16-11(13-7)10(14)12-6-9-4-3-5-15-9/h3,5,7-9H,4,6H2,1-2H3,(H,12,14). The van der Waals surface area contributed by atoms with Gasteiger partial charge < -0.3 is 10.1 Å². The summed E-state index contributed by atoms with van der Waals surface area (Å²) in [6, 6.07) is 0.232. The van der Waals surface area contributed by atoms with Crippen molar-refractivity contribution in [2.75, 3.05) is 6.54 Å². The van der Waals surface area contributed by atoms with Crippen molar-refractivity contribution in [2.24, 2.45) is 4.99 Å². The third-order valence-corrected chi connectivity index (χ3v) is 4.03. The van der Waals surface area contributed by atoms with E-state index < -0.39 is 0 Å². The first-order valence-corrected chi connectivity index (χ1v) is 6.38. The summed E-state index contributed by atoms with van der Waals surface area (Å²) in [6.45, 7) is 4.67. The number of amides is 1. The molecule has 0 aliphatic carbocycles. The molecule has 0 spiro atoms. The molecule has 5 heteroatoms. The van der Waals surface area contributed by atoms with Crippen molar-refractivity contribution in [3.63, 3.8) is 0 Å². The van der Waals surface area contributed by atoms with Gasteiger partial charge in [0, 0.05) is 11.7 Å². The maximum absolute atomic E-state index is 11.8. The lowest BCUT2D eigenvalue weighted by Gasteiger charge is -2.11. The van der Waals surface area contributed by atoms with Crippen LogP contribution in [0.3, 0.4) is 0 Å². The molecule has 0 saturated carbocycles. The van der Waals surface area contributed by atoms with E-state index in [0.717, 1.165) is 6.42 Å². The molecule has 16 heavy (non-hydrogen) atoms. The van der Waals surface area contributed by atoms with Crippen LogP contribution in [0.1, 0.15) is 20.3 Å².